The number of alkyl halides is 3. The van der Waals surface area contributed by atoms with Crippen molar-refractivity contribution in [1.29, 1.82) is 0 Å². The number of halogens is 3. The highest BCUT2D eigenvalue weighted by Crippen LogP contribution is 2.31. The van der Waals surface area contributed by atoms with E-state index in [0.29, 0.717) is 36.1 Å². The number of carbonyl (C=O) groups is 1. The fraction of sp³-hybridized carbons (Fsp3) is 0.348. The molecule has 0 saturated heterocycles. The summed E-state index contributed by atoms with van der Waals surface area (Å²) in [5.74, 6) is 0.731. The number of hydrogen-bond donors (Lipinski definition) is 1. The lowest BCUT2D eigenvalue weighted by molar-refractivity contribution is -0.137. The maximum Gasteiger partial charge on any atom is 0.416 e. The maximum absolute atomic E-state index is 12.9. The molecule has 1 amide bonds. The molecule has 3 rings (SSSR count). The van der Waals surface area contributed by atoms with Crippen molar-refractivity contribution in [2.75, 3.05) is 13.2 Å². The molecule has 7 heteroatoms. The molecule has 3 aromatic rings. The number of aromatic nitrogens is 1. The first-order chi connectivity index (χ1) is 14.2. The van der Waals surface area contributed by atoms with Crippen LogP contribution in [0.1, 0.15) is 42.4 Å². The number of rotatable bonds is 7. The second-order valence-corrected chi connectivity index (χ2v) is 7.54. The van der Waals surface area contributed by atoms with Crippen molar-refractivity contribution >= 4 is 16.8 Å². The lowest BCUT2D eigenvalue weighted by atomic mass is 10.1. The molecule has 0 fully saturated rings. The molecule has 2 aromatic carbocycles. The summed E-state index contributed by atoms with van der Waals surface area (Å²) < 4.78 is 46.1. The maximum atomic E-state index is 12.9. The topological polar surface area (TPSA) is 43.3 Å². The normalized spacial score (nSPS) is 11.8. The molecule has 0 spiro atoms. The fourth-order valence-corrected chi connectivity index (χ4v) is 3.27. The van der Waals surface area contributed by atoms with Crippen molar-refractivity contribution in [3.05, 3.63) is 65.4 Å². The minimum Gasteiger partial charge on any atom is -0.493 e. The van der Waals surface area contributed by atoms with Crippen LogP contribution in [0.4, 0.5) is 13.2 Å². The van der Waals surface area contributed by atoms with Gasteiger partial charge in [-0.25, -0.2) is 0 Å². The van der Waals surface area contributed by atoms with E-state index in [9.17, 15) is 18.0 Å². The van der Waals surface area contributed by atoms with E-state index < -0.39 is 11.7 Å². The number of nitrogens with zero attached hydrogens (tertiary/aromatic N) is 1. The third kappa shape index (κ3) is 4.78. The Hall–Kier alpha value is -2.96. The largest absolute Gasteiger partial charge is 0.493 e. The molecule has 0 aliphatic rings. The number of hydrogen-bond acceptors (Lipinski definition) is 2. The Morgan fingerprint density at radius 1 is 1.13 bits per heavy atom. The van der Waals surface area contributed by atoms with E-state index in [-0.39, 0.29) is 12.5 Å². The van der Waals surface area contributed by atoms with Gasteiger partial charge in [-0.3, -0.25) is 4.79 Å². The Bertz CT molecular complexity index is 1020. The van der Waals surface area contributed by atoms with Gasteiger partial charge in [0.05, 0.1) is 17.7 Å². The molecule has 1 heterocycles. The van der Waals surface area contributed by atoms with Crippen LogP contribution in [0.15, 0.2) is 48.5 Å². The Labute approximate surface area is 173 Å². The van der Waals surface area contributed by atoms with Gasteiger partial charge in [-0.1, -0.05) is 32.0 Å². The Kier molecular flexibility index (Phi) is 6.39. The average Bonchev–Trinajstić information content (AvgIpc) is 3.06. The van der Waals surface area contributed by atoms with Crippen molar-refractivity contribution in [1.82, 2.24) is 9.88 Å². The summed E-state index contributed by atoms with van der Waals surface area (Å²) in [4.78, 5) is 12.9. The second-order valence-electron chi connectivity index (χ2n) is 7.54. The Morgan fingerprint density at radius 2 is 1.83 bits per heavy atom. The highest BCUT2D eigenvalue weighted by molar-refractivity contribution is 6.00. The molecular weight excluding hydrogens is 393 g/mol. The van der Waals surface area contributed by atoms with Gasteiger partial charge in [0.15, 0.2) is 0 Å². The van der Waals surface area contributed by atoms with Crippen LogP contribution >= 0.6 is 0 Å². The zero-order chi connectivity index (χ0) is 21.9. The van der Waals surface area contributed by atoms with E-state index in [2.05, 4.69) is 5.32 Å². The van der Waals surface area contributed by atoms with Gasteiger partial charge in [-0.05, 0) is 48.7 Å². The predicted octanol–water partition coefficient (Wildman–Crippen LogP) is 5.49. The van der Waals surface area contributed by atoms with Gasteiger partial charge < -0.3 is 14.6 Å². The van der Waals surface area contributed by atoms with Crippen molar-refractivity contribution in [2.45, 2.75) is 33.5 Å². The van der Waals surface area contributed by atoms with Gasteiger partial charge >= 0.3 is 6.18 Å². The van der Waals surface area contributed by atoms with Crippen LogP contribution in [-0.4, -0.2) is 23.6 Å². The van der Waals surface area contributed by atoms with E-state index in [0.717, 1.165) is 23.0 Å². The van der Waals surface area contributed by atoms with Crippen LogP contribution in [0.25, 0.3) is 10.9 Å². The Morgan fingerprint density at radius 3 is 2.43 bits per heavy atom. The molecule has 160 valence electrons. The first-order valence-corrected chi connectivity index (χ1v) is 9.90. The lowest BCUT2D eigenvalue weighted by Gasteiger charge is -2.13. The van der Waals surface area contributed by atoms with Crippen molar-refractivity contribution < 1.29 is 22.7 Å². The average molecular weight is 418 g/mol. The SMILES string of the molecule is CCOc1cccc2c1cc(C(=O)NCC(C)C)n2Cc1ccc(C(F)(F)F)cc1. The van der Waals surface area contributed by atoms with Crippen LogP contribution in [0.3, 0.4) is 0 Å². The van der Waals surface area contributed by atoms with E-state index >= 15 is 0 Å². The number of carbonyl (C=O) groups excluding carboxylic acids is 1. The van der Waals surface area contributed by atoms with E-state index in [1.54, 1.807) is 6.07 Å². The van der Waals surface area contributed by atoms with Crippen molar-refractivity contribution in [3.8, 4) is 5.75 Å². The molecular formula is C23H25F3N2O2. The number of nitrogens with one attached hydrogen (secondary N) is 1. The standard InChI is InChI=1S/C23H25F3N2O2/c1-4-30-21-7-5-6-19-18(21)12-20(22(29)27-13-15(2)3)28(19)14-16-8-10-17(11-9-16)23(24,25)26/h5-12,15H,4,13-14H2,1-3H3,(H,27,29). The van der Waals surface area contributed by atoms with E-state index in [1.807, 2.05) is 43.5 Å². The molecule has 30 heavy (non-hydrogen) atoms. The van der Waals surface area contributed by atoms with E-state index in [1.165, 1.54) is 12.1 Å². The van der Waals surface area contributed by atoms with Crippen molar-refractivity contribution in [2.24, 2.45) is 5.92 Å². The number of amides is 1. The van der Waals surface area contributed by atoms with Crippen molar-refractivity contribution in [3.63, 3.8) is 0 Å². The summed E-state index contributed by atoms with van der Waals surface area (Å²) in [5.41, 5.74) is 1.20. The lowest BCUT2D eigenvalue weighted by Crippen LogP contribution is -2.29. The molecule has 0 aliphatic heterocycles. The van der Waals surface area contributed by atoms with Crippen LogP contribution < -0.4 is 10.1 Å². The highest BCUT2D eigenvalue weighted by Gasteiger charge is 2.30. The van der Waals surface area contributed by atoms with Crippen LogP contribution in [0, 0.1) is 5.92 Å². The zero-order valence-corrected chi connectivity index (χ0v) is 17.2. The van der Waals surface area contributed by atoms with Crippen LogP contribution in [0.2, 0.25) is 0 Å². The second kappa shape index (κ2) is 8.81. The quantitative estimate of drug-likeness (QED) is 0.551. The van der Waals surface area contributed by atoms with Gasteiger partial charge in [-0.2, -0.15) is 13.2 Å². The smallest absolute Gasteiger partial charge is 0.416 e. The summed E-state index contributed by atoms with van der Waals surface area (Å²) in [7, 11) is 0. The molecule has 0 unspecified atom stereocenters. The Balaban J connectivity index is 2.03. The zero-order valence-electron chi connectivity index (χ0n) is 17.2. The molecule has 0 bridgehead atoms. The summed E-state index contributed by atoms with van der Waals surface area (Å²) in [6.45, 7) is 7.17. The van der Waals surface area contributed by atoms with Crippen LogP contribution in [0.5, 0.6) is 5.75 Å². The third-order valence-corrected chi connectivity index (χ3v) is 4.73. The molecule has 0 atom stereocenters. The monoisotopic (exact) mass is 418 g/mol. The summed E-state index contributed by atoms with van der Waals surface area (Å²) >= 11 is 0. The van der Waals surface area contributed by atoms with Gasteiger partial charge in [0.1, 0.15) is 11.4 Å². The number of benzene rings is 2. The fourth-order valence-electron chi connectivity index (χ4n) is 3.27. The molecule has 0 radical (unpaired) electrons. The highest BCUT2D eigenvalue weighted by atomic mass is 19.4. The minimum absolute atomic E-state index is 0.228. The summed E-state index contributed by atoms with van der Waals surface area (Å²) in [6.07, 6.45) is -4.38. The first kappa shape index (κ1) is 21.7. The third-order valence-electron chi connectivity index (χ3n) is 4.73. The summed E-state index contributed by atoms with van der Waals surface area (Å²) in [5, 5.41) is 3.71. The predicted molar refractivity (Wildman–Crippen MR) is 111 cm³/mol. The number of ether oxygens (including phenoxy) is 1. The van der Waals surface area contributed by atoms with Crippen LogP contribution in [-0.2, 0) is 12.7 Å². The minimum atomic E-state index is -4.38. The van der Waals surface area contributed by atoms with Gasteiger partial charge in [0, 0.05) is 18.5 Å². The summed E-state index contributed by atoms with van der Waals surface area (Å²) in [6, 6.07) is 12.3. The molecule has 1 N–H and O–H groups in total. The first-order valence-electron chi connectivity index (χ1n) is 9.90. The number of fused-ring (bicyclic) bond motifs is 1. The molecule has 0 saturated carbocycles. The van der Waals surface area contributed by atoms with Gasteiger partial charge in [-0.15, -0.1) is 0 Å². The molecule has 4 nitrogen and oxygen atoms in total. The van der Waals surface area contributed by atoms with Gasteiger partial charge in [0.25, 0.3) is 5.91 Å². The molecule has 0 aliphatic carbocycles. The van der Waals surface area contributed by atoms with E-state index in [4.69, 9.17) is 4.74 Å². The molecule has 1 aromatic heterocycles. The van der Waals surface area contributed by atoms with Gasteiger partial charge in [0.2, 0.25) is 0 Å².